The van der Waals surface area contributed by atoms with E-state index in [4.69, 9.17) is 0 Å². The summed E-state index contributed by atoms with van der Waals surface area (Å²) in [5.74, 6) is 0. The van der Waals surface area contributed by atoms with Gasteiger partial charge in [-0.05, 0) is 6.07 Å². The Labute approximate surface area is 70.6 Å². The van der Waals surface area contributed by atoms with Gasteiger partial charge in [-0.3, -0.25) is 5.10 Å². The van der Waals surface area contributed by atoms with Crippen LogP contribution >= 0.6 is 0 Å². The number of alkyl halides is 3. The van der Waals surface area contributed by atoms with E-state index < -0.39 is 11.7 Å². The summed E-state index contributed by atoms with van der Waals surface area (Å²) >= 11 is 0. The molecule has 3 nitrogen and oxygen atoms in total. The molecule has 6 heteroatoms. The molecule has 0 atom stereocenters. The number of nitrogens with zero attached hydrogens (tertiary/aromatic N) is 2. The zero-order valence-corrected chi connectivity index (χ0v) is 6.26. The van der Waals surface area contributed by atoms with Crippen molar-refractivity contribution in [1.82, 2.24) is 15.2 Å². The average molecular weight is 187 g/mol. The molecule has 2 aromatic heterocycles. The maximum atomic E-state index is 12.3. The zero-order chi connectivity index (χ0) is 9.47. The second-order valence-corrected chi connectivity index (χ2v) is 2.49. The van der Waals surface area contributed by atoms with Crippen LogP contribution in [0.25, 0.3) is 11.0 Å². The smallest absolute Gasteiger partial charge is 0.261 e. The summed E-state index contributed by atoms with van der Waals surface area (Å²) in [4.78, 5) is 3.70. The molecule has 1 N–H and O–H groups in total. The average Bonchev–Trinajstić information content (AvgIpc) is 2.48. The Morgan fingerprint density at radius 2 is 2.08 bits per heavy atom. The van der Waals surface area contributed by atoms with Gasteiger partial charge in [-0.15, -0.1) is 0 Å². The van der Waals surface area contributed by atoms with Crippen molar-refractivity contribution < 1.29 is 13.2 Å². The van der Waals surface area contributed by atoms with Gasteiger partial charge in [0.05, 0.1) is 17.1 Å². The lowest BCUT2D eigenvalue weighted by Crippen LogP contribution is -2.05. The van der Waals surface area contributed by atoms with Gasteiger partial charge in [-0.25, -0.2) is 4.98 Å². The van der Waals surface area contributed by atoms with E-state index >= 15 is 0 Å². The third-order valence-corrected chi connectivity index (χ3v) is 1.66. The molecule has 2 rings (SSSR count). The molecule has 0 saturated carbocycles. The highest BCUT2D eigenvalue weighted by Crippen LogP contribution is 2.32. The van der Waals surface area contributed by atoms with Crippen molar-refractivity contribution in [3.8, 4) is 0 Å². The Kier molecular flexibility index (Phi) is 1.51. The summed E-state index contributed by atoms with van der Waals surface area (Å²) in [5.41, 5.74) is -0.568. The van der Waals surface area contributed by atoms with Gasteiger partial charge in [0.25, 0.3) is 0 Å². The minimum atomic E-state index is -4.36. The summed E-state index contributed by atoms with van der Waals surface area (Å²) in [6.07, 6.45) is -2.14. The number of fused-ring (bicyclic) bond motifs is 1. The van der Waals surface area contributed by atoms with E-state index in [9.17, 15) is 13.2 Å². The van der Waals surface area contributed by atoms with Crippen molar-refractivity contribution in [2.45, 2.75) is 6.18 Å². The van der Waals surface area contributed by atoms with Gasteiger partial charge in [0.1, 0.15) is 0 Å². The number of hydrogen-bond acceptors (Lipinski definition) is 2. The molecule has 0 bridgehead atoms. The standard InChI is InChI=1S/C7H4F3N3/c8-7(9,10)5-1-2-11-6-4(5)3-12-13-6/h1-3H,(H,11,12,13). The van der Waals surface area contributed by atoms with Crippen molar-refractivity contribution in [1.29, 1.82) is 0 Å². The van der Waals surface area contributed by atoms with Crippen molar-refractivity contribution in [3.63, 3.8) is 0 Å². The zero-order valence-electron chi connectivity index (χ0n) is 6.26. The molecule has 0 aliphatic carbocycles. The van der Waals surface area contributed by atoms with E-state index in [1.54, 1.807) is 0 Å². The Bertz CT molecular complexity index is 432. The van der Waals surface area contributed by atoms with E-state index in [0.717, 1.165) is 18.5 Å². The second-order valence-electron chi connectivity index (χ2n) is 2.49. The minimum absolute atomic E-state index is 0.00463. The third-order valence-electron chi connectivity index (χ3n) is 1.66. The number of aromatic amines is 1. The van der Waals surface area contributed by atoms with E-state index in [1.165, 1.54) is 0 Å². The second kappa shape index (κ2) is 2.45. The monoisotopic (exact) mass is 187 g/mol. The van der Waals surface area contributed by atoms with Crippen LogP contribution in [0, 0.1) is 0 Å². The van der Waals surface area contributed by atoms with Crippen molar-refractivity contribution in [3.05, 3.63) is 24.0 Å². The lowest BCUT2D eigenvalue weighted by Gasteiger charge is -2.05. The fraction of sp³-hybridized carbons (Fsp3) is 0.143. The molecule has 0 radical (unpaired) electrons. The fourth-order valence-electron chi connectivity index (χ4n) is 1.10. The van der Waals surface area contributed by atoms with Gasteiger partial charge in [0.15, 0.2) is 5.65 Å². The largest absolute Gasteiger partial charge is 0.417 e. The predicted molar refractivity (Wildman–Crippen MR) is 38.9 cm³/mol. The SMILES string of the molecule is FC(F)(F)c1ccnc2[nH]ncc12. The summed E-state index contributed by atoms with van der Waals surface area (Å²) in [7, 11) is 0. The normalized spacial score (nSPS) is 12.2. The van der Waals surface area contributed by atoms with Crippen molar-refractivity contribution in [2.24, 2.45) is 0 Å². The number of halogens is 3. The maximum Gasteiger partial charge on any atom is 0.417 e. The Balaban J connectivity index is 2.75. The number of rotatable bonds is 0. The number of nitrogens with one attached hydrogen (secondary N) is 1. The molecule has 13 heavy (non-hydrogen) atoms. The molecule has 0 aliphatic heterocycles. The van der Waals surface area contributed by atoms with Crippen LogP contribution in [0.5, 0.6) is 0 Å². The van der Waals surface area contributed by atoms with Gasteiger partial charge in [-0.1, -0.05) is 0 Å². The predicted octanol–water partition coefficient (Wildman–Crippen LogP) is 1.98. The fourth-order valence-corrected chi connectivity index (χ4v) is 1.10. The van der Waals surface area contributed by atoms with E-state index in [2.05, 4.69) is 15.2 Å². The molecule has 2 heterocycles. The van der Waals surface area contributed by atoms with E-state index in [0.29, 0.717) is 0 Å². The Morgan fingerprint density at radius 1 is 1.31 bits per heavy atom. The summed E-state index contributed by atoms with van der Waals surface area (Å²) in [6, 6.07) is 0.928. The van der Waals surface area contributed by atoms with Gasteiger partial charge < -0.3 is 0 Å². The molecule has 0 fully saturated rings. The highest BCUT2D eigenvalue weighted by molar-refractivity contribution is 5.78. The van der Waals surface area contributed by atoms with Gasteiger partial charge >= 0.3 is 6.18 Å². The van der Waals surface area contributed by atoms with E-state index in [1.807, 2.05) is 0 Å². The molecule has 0 aliphatic rings. The Morgan fingerprint density at radius 3 is 2.77 bits per heavy atom. The number of aromatic nitrogens is 3. The minimum Gasteiger partial charge on any atom is -0.261 e. The molecule has 0 amide bonds. The molecule has 2 aromatic rings. The summed E-state index contributed by atoms with van der Waals surface area (Å²) in [5, 5.41) is 5.85. The summed E-state index contributed by atoms with van der Waals surface area (Å²) in [6.45, 7) is 0. The quantitative estimate of drug-likeness (QED) is 0.685. The van der Waals surface area contributed by atoms with Crippen LogP contribution in [-0.4, -0.2) is 15.2 Å². The lowest BCUT2D eigenvalue weighted by molar-refractivity contribution is -0.136. The highest BCUT2D eigenvalue weighted by Gasteiger charge is 2.32. The number of pyridine rings is 1. The number of hydrogen-bond donors (Lipinski definition) is 1. The van der Waals surface area contributed by atoms with Crippen LogP contribution in [-0.2, 0) is 6.18 Å². The van der Waals surface area contributed by atoms with Gasteiger partial charge in [-0.2, -0.15) is 18.3 Å². The van der Waals surface area contributed by atoms with Crippen LogP contribution in [0.15, 0.2) is 18.5 Å². The van der Waals surface area contributed by atoms with Gasteiger partial charge in [0, 0.05) is 6.20 Å². The van der Waals surface area contributed by atoms with Gasteiger partial charge in [0.2, 0.25) is 0 Å². The molecular weight excluding hydrogens is 183 g/mol. The first-order valence-corrected chi connectivity index (χ1v) is 3.44. The maximum absolute atomic E-state index is 12.3. The first-order valence-electron chi connectivity index (χ1n) is 3.44. The van der Waals surface area contributed by atoms with Crippen LogP contribution < -0.4 is 0 Å². The molecule has 0 saturated heterocycles. The Hall–Kier alpha value is -1.59. The van der Waals surface area contributed by atoms with E-state index in [-0.39, 0.29) is 11.0 Å². The van der Waals surface area contributed by atoms with Crippen LogP contribution in [0.4, 0.5) is 13.2 Å². The molecule has 0 spiro atoms. The van der Waals surface area contributed by atoms with Crippen molar-refractivity contribution in [2.75, 3.05) is 0 Å². The van der Waals surface area contributed by atoms with Crippen LogP contribution in [0.2, 0.25) is 0 Å². The first-order chi connectivity index (χ1) is 6.09. The molecule has 0 unspecified atom stereocenters. The lowest BCUT2D eigenvalue weighted by atomic mass is 10.2. The molecule has 68 valence electrons. The molecular formula is C7H4F3N3. The van der Waals surface area contributed by atoms with Crippen LogP contribution in [0.1, 0.15) is 5.56 Å². The number of H-pyrrole nitrogens is 1. The molecule has 0 aromatic carbocycles. The highest BCUT2D eigenvalue weighted by atomic mass is 19.4. The first kappa shape index (κ1) is 8.03. The third kappa shape index (κ3) is 1.24. The van der Waals surface area contributed by atoms with Crippen molar-refractivity contribution >= 4 is 11.0 Å². The van der Waals surface area contributed by atoms with Crippen LogP contribution in [0.3, 0.4) is 0 Å². The summed E-state index contributed by atoms with van der Waals surface area (Å²) < 4.78 is 37.0. The topological polar surface area (TPSA) is 41.6 Å².